The Morgan fingerprint density at radius 3 is 2.41 bits per heavy atom. The van der Waals surface area contributed by atoms with E-state index in [4.69, 9.17) is 0 Å². The van der Waals surface area contributed by atoms with Crippen LogP contribution in [-0.4, -0.2) is 27.2 Å². The molecule has 94 valence electrons. The fraction of sp³-hybridized carbons (Fsp3) is 0.692. The first kappa shape index (κ1) is 12.5. The van der Waals surface area contributed by atoms with Crippen LogP contribution in [0.1, 0.15) is 44.3 Å². The maximum Gasteiger partial charge on any atom is 0.141 e. The van der Waals surface area contributed by atoms with Gasteiger partial charge in [-0.05, 0) is 18.9 Å². The van der Waals surface area contributed by atoms with E-state index in [-0.39, 0.29) is 0 Å². The molecule has 17 heavy (non-hydrogen) atoms. The number of nitrogens with zero attached hydrogens (tertiary/aromatic N) is 2. The van der Waals surface area contributed by atoms with Crippen molar-refractivity contribution < 1.29 is 5.11 Å². The number of hydrogen-bond acceptors (Lipinski definition) is 4. The Balaban J connectivity index is 1.77. The van der Waals surface area contributed by atoms with Gasteiger partial charge in [0.1, 0.15) is 5.82 Å². The van der Waals surface area contributed by atoms with Gasteiger partial charge in [0.05, 0.1) is 12.1 Å². The summed E-state index contributed by atoms with van der Waals surface area (Å²) >= 11 is 0. The minimum atomic E-state index is -0.523. The summed E-state index contributed by atoms with van der Waals surface area (Å²) in [5.41, 5.74) is -0.523. The molecule has 1 aliphatic carbocycles. The third-order valence-corrected chi connectivity index (χ3v) is 3.39. The van der Waals surface area contributed by atoms with Crippen LogP contribution in [0.3, 0.4) is 0 Å². The third-order valence-electron chi connectivity index (χ3n) is 3.39. The highest BCUT2D eigenvalue weighted by Gasteiger charge is 2.27. The van der Waals surface area contributed by atoms with Crippen LogP contribution in [0.2, 0.25) is 0 Å². The smallest absolute Gasteiger partial charge is 0.141 e. The molecule has 4 nitrogen and oxygen atoms in total. The van der Waals surface area contributed by atoms with Crippen LogP contribution in [0.15, 0.2) is 18.5 Å². The highest BCUT2D eigenvalue weighted by molar-refractivity contribution is 4.89. The van der Waals surface area contributed by atoms with E-state index in [1.165, 1.54) is 12.8 Å². The van der Waals surface area contributed by atoms with Crippen molar-refractivity contribution in [1.82, 2.24) is 15.3 Å². The van der Waals surface area contributed by atoms with Crippen LogP contribution >= 0.6 is 0 Å². The van der Waals surface area contributed by atoms with Gasteiger partial charge < -0.3 is 10.4 Å². The van der Waals surface area contributed by atoms with Gasteiger partial charge in [-0.25, -0.2) is 9.97 Å². The summed E-state index contributed by atoms with van der Waals surface area (Å²) in [5, 5.41) is 13.7. The van der Waals surface area contributed by atoms with Crippen molar-refractivity contribution in [2.24, 2.45) is 0 Å². The Kier molecular flexibility index (Phi) is 4.45. The lowest BCUT2D eigenvalue weighted by atomic mass is 9.94. The lowest BCUT2D eigenvalue weighted by Gasteiger charge is -2.26. The number of aromatic nitrogens is 2. The number of rotatable bonds is 4. The van der Waals surface area contributed by atoms with Crippen LogP contribution in [-0.2, 0) is 6.54 Å². The van der Waals surface area contributed by atoms with Crippen LogP contribution in [0.4, 0.5) is 0 Å². The van der Waals surface area contributed by atoms with Crippen molar-refractivity contribution >= 4 is 0 Å². The molecule has 1 saturated carbocycles. The molecule has 1 fully saturated rings. The molecule has 1 aliphatic rings. The minimum Gasteiger partial charge on any atom is -0.389 e. The van der Waals surface area contributed by atoms with E-state index < -0.39 is 5.60 Å². The Morgan fingerprint density at radius 2 is 1.76 bits per heavy atom. The monoisotopic (exact) mass is 235 g/mol. The maximum atomic E-state index is 10.4. The minimum absolute atomic E-state index is 0.523. The van der Waals surface area contributed by atoms with Gasteiger partial charge in [-0.2, -0.15) is 0 Å². The SMILES string of the molecule is OC1(CNCc2ncccn2)CCCCCC1. The normalized spacial score (nSPS) is 19.8. The summed E-state index contributed by atoms with van der Waals surface area (Å²) in [6.07, 6.45) is 10.1. The predicted octanol–water partition coefficient (Wildman–Crippen LogP) is 1.65. The third kappa shape index (κ3) is 4.06. The summed E-state index contributed by atoms with van der Waals surface area (Å²) in [7, 11) is 0. The molecule has 2 N–H and O–H groups in total. The van der Waals surface area contributed by atoms with Gasteiger partial charge >= 0.3 is 0 Å². The molecule has 0 saturated heterocycles. The zero-order valence-electron chi connectivity index (χ0n) is 10.2. The van der Waals surface area contributed by atoms with Crippen molar-refractivity contribution in [3.63, 3.8) is 0 Å². The second-order valence-corrected chi connectivity index (χ2v) is 4.91. The quantitative estimate of drug-likeness (QED) is 0.779. The molecule has 4 heteroatoms. The van der Waals surface area contributed by atoms with Gasteiger partial charge in [0.2, 0.25) is 0 Å². The Bertz CT molecular complexity index is 321. The molecule has 0 aromatic carbocycles. The van der Waals surface area contributed by atoms with Crippen LogP contribution < -0.4 is 5.32 Å². The van der Waals surface area contributed by atoms with Gasteiger partial charge in [0.25, 0.3) is 0 Å². The van der Waals surface area contributed by atoms with Crippen molar-refractivity contribution in [2.75, 3.05) is 6.54 Å². The summed E-state index contributed by atoms with van der Waals surface area (Å²) in [6.45, 7) is 1.27. The lowest BCUT2D eigenvalue weighted by Crippen LogP contribution is -2.40. The standard InChI is InChI=1S/C13H21N3O/c17-13(6-3-1-2-4-7-13)11-14-10-12-15-8-5-9-16-12/h5,8-9,14,17H,1-4,6-7,10-11H2. The van der Waals surface area contributed by atoms with Gasteiger partial charge in [-0.3, -0.25) is 0 Å². The topological polar surface area (TPSA) is 58.0 Å². The van der Waals surface area contributed by atoms with E-state index in [2.05, 4.69) is 15.3 Å². The Morgan fingerprint density at radius 1 is 1.12 bits per heavy atom. The van der Waals surface area contributed by atoms with E-state index in [0.717, 1.165) is 31.5 Å². The second-order valence-electron chi connectivity index (χ2n) is 4.91. The highest BCUT2D eigenvalue weighted by atomic mass is 16.3. The summed E-state index contributed by atoms with van der Waals surface area (Å²) in [5.74, 6) is 0.782. The van der Waals surface area contributed by atoms with Gasteiger partial charge in [-0.15, -0.1) is 0 Å². The van der Waals surface area contributed by atoms with E-state index in [9.17, 15) is 5.11 Å². The van der Waals surface area contributed by atoms with Gasteiger partial charge in [-0.1, -0.05) is 25.7 Å². The van der Waals surface area contributed by atoms with E-state index in [1.54, 1.807) is 12.4 Å². The van der Waals surface area contributed by atoms with Crippen LogP contribution in [0.5, 0.6) is 0 Å². The van der Waals surface area contributed by atoms with Crippen LogP contribution in [0.25, 0.3) is 0 Å². The Hall–Kier alpha value is -1.00. The van der Waals surface area contributed by atoms with Crippen molar-refractivity contribution in [3.05, 3.63) is 24.3 Å². The van der Waals surface area contributed by atoms with E-state index in [0.29, 0.717) is 13.1 Å². The molecule has 1 aromatic heterocycles. The maximum absolute atomic E-state index is 10.4. The molecular formula is C13H21N3O. The molecule has 0 radical (unpaired) electrons. The van der Waals surface area contributed by atoms with Crippen molar-refractivity contribution in [2.45, 2.75) is 50.7 Å². The molecule has 0 atom stereocenters. The fourth-order valence-corrected chi connectivity index (χ4v) is 2.39. The fourth-order valence-electron chi connectivity index (χ4n) is 2.39. The molecule has 0 spiro atoms. The molecular weight excluding hydrogens is 214 g/mol. The number of nitrogens with one attached hydrogen (secondary N) is 1. The highest BCUT2D eigenvalue weighted by Crippen LogP contribution is 2.26. The number of aliphatic hydroxyl groups is 1. The Labute approximate surface area is 102 Å². The van der Waals surface area contributed by atoms with Crippen LogP contribution in [0, 0.1) is 0 Å². The molecule has 1 aromatic rings. The molecule has 0 amide bonds. The van der Waals surface area contributed by atoms with Crippen molar-refractivity contribution in [3.8, 4) is 0 Å². The molecule has 1 heterocycles. The average Bonchev–Trinajstić information content (AvgIpc) is 2.56. The zero-order valence-corrected chi connectivity index (χ0v) is 10.2. The lowest BCUT2D eigenvalue weighted by molar-refractivity contribution is 0.0249. The number of hydrogen-bond donors (Lipinski definition) is 2. The second kappa shape index (κ2) is 6.07. The largest absolute Gasteiger partial charge is 0.389 e. The first-order chi connectivity index (χ1) is 8.29. The molecule has 0 aliphatic heterocycles. The molecule has 0 unspecified atom stereocenters. The summed E-state index contributed by atoms with van der Waals surface area (Å²) in [6, 6.07) is 1.81. The van der Waals surface area contributed by atoms with E-state index >= 15 is 0 Å². The summed E-state index contributed by atoms with van der Waals surface area (Å²) < 4.78 is 0. The average molecular weight is 235 g/mol. The molecule has 0 bridgehead atoms. The van der Waals surface area contributed by atoms with Crippen molar-refractivity contribution in [1.29, 1.82) is 0 Å². The molecule has 2 rings (SSSR count). The first-order valence-corrected chi connectivity index (χ1v) is 6.48. The van der Waals surface area contributed by atoms with E-state index in [1.807, 2.05) is 6.07 Å². The summed E-state index contributed by atoms with van der Waals surface area (Å²) in [4.78, 5) is 8.29. The van der Waals surface area contributed by atoms with Gasteiger partial charge in [0.15, 0.2) is 0 Å². The predicted molar refractivity (Wildman–Crippen MR) is 66.4 cm³/mol. The first-order valence-electron chi connectivity index (χ1n) is 6.48. The van der Waals surface area contributed by atoms with Gasteiger partial charge in [0, 0.05) is 18.9 Å². The zero-order chi connectivity index (χ0) is 12.0.